The highest BCUT2D eigenvalue weighted by Gasteiger charge is 2.41. The van der Waals surface area contributed by atoms with Crippen molar-refractivity contribution in [2.24, 2.45) is 0 Å². The summed E-state index contributed by atoms with van der Waals surface area (Å²) in [5, 5.41) is 0. The van der Waals surface area contributed by atoms with Gasteiger partial charge in [0.2, 0.25) is 0 Å². The van der Waals surface area contributed by atoms with Crippen LogP contribution in [0.25, 0.3) is 0 Å². The van der Waals surface area contributed by atoms with Crippen LogP contribution in [0, 0.1) is 0 Å². The Balaban J connectivity index is 1.37. The summed E-state index contributed by atoms with van der Waals surface area (Å²) in [6.45, 7) is 2.90. The van der Waals surface area contributed by atoms with Gasteiger partial charge in [-0.2, -0.15) is 0 Å². The summed E-state index contributed by atoms with van der Waals surface area (Å²) in [5.74, 6) is -0.140. The number of para-hydroxylation sites is 1. The summed E-state index contributed by atoms with van der Waals surface area (Å²) in [4.78, 5) is 34.8. The number of hydrogen-bond donors (Lipinski definition) is 0. The first kappa shape index (κ1) is 16.7. The third-order valence-corrected chi connectivity index (χ3v) is 5.13. The van der Waals surface area contributed by atoms with E-state index in [1.54, 1.807) is 23.2 Å². The Labute approximate surface area is 153 Å². The number of rotatable bonds is 4. The molecule has 0 saturated carbocycles. The number of imide groups is 1. The predicted molar refractivity (Wildman–Crippen MR) is 98.6 cm³/mol. The second-order valence-corrected chi connectivity index (χ2v) is 6.84. The second kappa shape index (κ2) is 7.25. The number of anilines is 1. The molecule has 0 radical (unpaired) electrons. The molecule has 2 saturated heterocycles. The fourth-order valence-corrected chi connectivity index (χ4v) is 3.77. The Bertz CT molecular complexity index is 773. The largest absolute Gasteiger partial charge is 0.332 e. The van der Waals surface area contributed by atoms with E-state index < -0.39 is 0 Å². The van der Waals surface area contributed by atoms with Crippen LogP contribution in [0.15, 0.2) is 54.9 Å². The lowest BCUT2D eigenvalue weighted by atomic mass is 10.0. The molecule has 134 valence electrons. The van der Waals surface area contributed by atoms with Crippen molar-refractivity contribution in [3.05, 3.63) is 60.4 Å². The number of benzene rings is 1. The number of aromatic nitrogens is 1. The van der Waals surface area contributed by atoms with E-state index >= 15 is 0 Å². The Morgan fingerprint density at radius 2 is 1.77 bits per heavy atom. The smallest absolute Gasteiger partial charge is 0.312 e. The number of pyridine rings is 1. The molecule has 4 rings (SSSR count). The van der Waals surface area contributed by atoms with Crippen LogP contribution in [0.1, 0.15) is 18.4 Å². The monoisotopic (exact) mass is 350 g/mol. The zero-order valence-corrected chi connectivity index (χ0v) is 14.6. The van der Waals surface area contributed by atoms with Gasteiger partial charge >= 0.3 is 6.03 Å². The minimum Gasteiger partial charge on any atom is -0.312 e. The van der Waals surface area contributed by atoms with Crippen molar-refractivity contribution in [1.29, 1.82) is 0 Å². The van der Waals surface area contributed by atoms with E-state index in [4.69, 9.17) is 0 Å². The van der Waals surface area contributed by atoms with E-state index in [1.165, 1.54) is 10.5 Å². The molecule has 2 aromatic rings. The zero-order chi connectivity index (χ0) is 17.9. The van der Waals surface area contributed by atoms with Crippen LogP contribution in [0.3, 0.4) is 0 Å². The van der Waals surface area contributed by atoms with Gasteiger partial charge in [-0.05, 0) is 36.6 Å². The summed E-state index contributed by atoms with van der Waals surface area (Å²) >= 11 is 0. The fraction of sp³-hybridized carbons (Fsp3) is 0.350. The molecule has 2 fully saturated rings. The van der Waals surface area contributed by atoms with Crippen molar-refractivity contribution in [3.63, 3.8) is 0 Å². The van der Waals surface area contributed by atoms with Crippen molar-refractivity contribution < 1.29 is 9.59 Å². The highest BCUT2D eigenvalue weighted by molar-refractivity contribution is 6.19. The van der Waals surface area contributed by atoms with Crippen LogP contribution in [0.4, 0.5) is 10.5 Å². The van der Waals surface area contributed by atoms with E-state index in [2.05, 4.69) is 16.0 Å². The van der Waals surface area contributed by atoms with E-state index in [1.807, 2.05) is 30.5 Å². The van der Waals surface area contributed by atoms with Crippen molar-refractivity contribution >= 4 is 17.6 Å². The van der Waals surface area contributed by atoms with Crippen LogP contribution < -0.4 is 4.90 Å². The number of carbonyl (C=O) groups excluding carboxylic acids is 2. The SMILES string of the molecule is O=C1CN(C2CCN(Cc3cccnc3)CC2)C(=O)N1c1ccccc1. The molecule has 0 unspecified atom stereocenters. The quantitative estimate of drug-likeness (QED) is 0.795. The molecule has 0 atom stereocenters. The van der Waals surface area contributed by atoms with Crippen molar-refractivity contribution in [3.8, 4) is 0 Å². The lowest BCUT2D eigenvalue weighted by molar-refractivity contribution is -0.116. The van der Waals surface area contributed by atoms with Gasteiger partial charge in [-0.25, -0.2) is 9.69 Å². The number of amides is 3. The lowest BCUT2D eigenvalue weighted by Crippen LogP contribution is -2.46. The summed E-state index contributed by atoms with van der Waals surface area (Å²) in [6, 6.07) is 13.1. The molecule has 0 bridgehead atoms. The van der Waals surface area contributed by atoms with E-state index in [0.29, 0.717) is 5.69 Å². The lowest BCUT2D eigenvalue weighted by Gasteiger charge is -2.36. The van der Waals surface area contributed by atoms with Crippen LogP contribution >= 0.6 is 0 Å². The van der Waals surface area contributed by atoms with Crippen LogP contribution in [0.2, 0.25) is 0 Å². The Hall–Kier alpha value is -2.73. The van der Waals surface area contributed by atoms with Crippen LogP contribution in [-0.2, 0) is 11.3 Å². The molecular formula is C20H22N4O2. The van der Waals surface area contributed by atoms with E-state index in [0.717, 1.165) is 32.5 Å². The Kier molecular flexibility index (Phi) is 4.67. The number of likely N-dealkylation sites (tertiary alicyclic amines) is 1. The summed E-state index contributed by atoms with van der Waals surface area (Å²) in [7, 11) is 0. The third-order valence-electron chi connectivity index (χ3n) is 5.13. The molecule has 26 heavy (non-hydrogen) atoms. The number of urea groups is 1. The maximum absolute atomic E-state index is 12.8. The molecule has 1 aromatic carbocycles. The molecule has 6 heteroatoms. The molecule has 0 N–H and O–H groups in total. The van der Waals surface area contributed by atoms with Gasteiger partial charge in [0.25, 0.3) is 5.91 Å². The van der Waals surface area contributed by atoms with Gasteiger partial charge in [0.1, 0.15) is 6.54 Å². The van der Waals surface area contributed by atoms with E-state index in [9.17, 15) is 9.59 Å². The van der Waals surface area contributed by atoms with Gasteiger partial charge < -0.3 is 4.90 Å². The molecule has 0 spiro atoms. The van der Waals surface area contributed by atoms with Crippen molar-refractivity contribution in [2.75, 3.05) is 24.5 Å². The molecule has 0 aliphatic carbocycles. The third kappa shape index (κ3) is 3.32. The maximum Gasteiger partial charge on any atom is 0.332 e. The van der Waals surface area contributed by atoms with E-state index in [-0.39, 0.29) is 24.5 Å². The molecular weight excluding hydrogens is 328 g/mol. The first-order chi connectivity index (χ1) is 12.7. The second-order valence-electron chi connectivity index (χ2n) is 6.84. The summed E-state index contributed by atoms with van der Waals surface area (Å²) < 4.78 is 0. The first-order valence-corrected chi connectivity index (χ1v) is 9.02. The van der Waals surface area contributed by atoms with Gasteiger partial charge in [-0.1, -0.05) is 24.3 Å². The molecule has 6 nitrogen and oxygen atoms in total. The number of nitrogens with zero attached hydrogens (tertiary/aromatic N) is 4. The number of piperidine rings is 1. The highest BCUT2D eigenvalue weighted by Crippen LogP contribution is 2.26. The van der Waals surface area contributed by atoms with Gasteiger partial charge in [-0.3, -0.25) is 14.7 Å². The average molecular weight is 350 g/mol. The molecule has 2 aliphatic rings. The maximum atomic E-state index is 12.8. The number of hydrogen-bond acceptors (Lipinski definition) is 4. The highest BCUT2D eigenvalue weighted by atomic mass is 16.2. The molecule has 3 heterocycles. The molecule has 1 aromatic heterocycles. The van der Waals surface area contributed by atoms with Gasteiger partial charge in [0.05, 0.1) is 5.69 Å². The minimum atomic E-state index is -0.188. The van der Waals surface area contributed by atoms with Crippen LogP contribution in [-0.4, -0.2) is 52.4 Å². The van der Waals surface area contributed by atoms with Crippen LogP contribution in [0.5, 0.6) is 0 Å². The number of carbonyl (C=O) groups is 2. The van der Waals surface area contributed by atoms with Crippen molar-refractivity contribution in [2.45, 2.75) is 25.4 Å². The fourth-order valence-electron chi connectivity index (χ4n) is 3.77. The standard InChI is InChI=1S/C20H22N4O2/c25-19-15-23(20(26)24(19)18-6-2-1-3-7-18)17-8-11-22(12-9-17)14-16-5-4-10-21-13-16/h1-7,10,13,17H,8-9,11-12,14-15H2. The molecule has 3 amide bonds. The molecule has 2 aliphatic heterocycles. The topological polar surface area (TPSA) is 56.8 Å². The zero-order valence-electron chi connectivity index (χ0n) is 14.6. The first-order valence-electron chi connectivity index (χ1n) is 9.02. The summed E-state index contributed by atoms with van der Waals surface area (Å²) in [6.07, 6.45) is 5.46. The normalized spacial score (nSPS) is 19.4. The van der Waals surface area contributed by atoms with Gasteiger partial charge in [0.15, 0.2) is 0 Å². The Morgan fingerprint density at radius 3 is 2.46 bits per heavy atom. The summed E-state index contributed by atoms with van der Waals surface area (Å²) in [5.41, 5.74) is 1.85. The average Bonchev–Trinajstić information content (AvgIpc) is 2.98. The Morgan fingerprint density at radius 1 is 1.00 bits per heavy atom. The van der Waals surface area contributed by atoms with Gasteiger partial charge in [0, 0.05) is 38.1 Å². The minimum absolute atomic E-state index is 0.130. The van der Waals surface area contributed by atoms with Crippen molar-refractivity contribution in [1.82, 2.24) is 14.8 Å². The predicted octanol–water partition coefficient (Wildman–Crippen LogP) is 2.51. The van der Waals surface area contributed by atoms with Gasteiger partial charge in [-0.15, -0.1) is 0 Å².